The second kappa shape index (κ2) is 11.2. The summed E-state index contributed by atoms with van der Waals surface area (Å²) in [5, 5.41) is 5.40. The van der Waals surface area contributed by atoms with Crippen molar-refractivity contribution in [3.8, 4) is 5.75 Å². The van der Waals surface area contributed by atoms with E-state index in [1.165, 1.54) is 0 Å². The van der Waals surface area contributed by atoms with Gasteiger partial charge in [-0.1, -0.05) is 40.9 Å². The van der Waals surface area contributed by atoms with E-state index in [9.17, 15) is 0 Å². The number of hydrogen-bond donors (Lipinski definition) is 1. The van der Waals surface area contributed by atoms with Crippen molar-refractivity contribution in [2.24, 2.45) is 0 Å². The maximum atomic E-state index is 6.23. The standard InChI is InChI=1S/C21H25Cl3N2O2/c22-18-4-5-21(28-15-16-2-3-19(23)13-20(16)24)17(12-18)14-25-6-1-7-26-8-10-27-11-9-26/h2-5,12-13,25H,1,6-11,14-15H2. The summed E-state index contributed by atoms with van der Waals surface area (Å²) in [6, 6.07) is 11.1. The highest BCUT2D eigenvalue weighted by atomic mass is 35.5. The van der Waals surface area contributed by atoms with Crippen molar-refractivity contribution < 1.29 is 9.47 Å². The van der Waals surface area contributed by atoms with E-state index in [1.807, 2.05) is 30.3 Å². The van der Waals surface area contributed by atoms with Gasteiger partial charge in [-0.15, -0.1) is 0 Å². The minimum atomic E-state index is 0.377. The molecule has 4 nitrogen and oxygen atoms in total. The maximum Gasteiger partial charge on any atom is 0.124 e. The quantitative estimate of drug-likeness (QED) is 0.551. The van der Waals surface area contributed by atoms with Crippen LogP contribution in [0.25, 0.3) is 0 Å². The van der Waals surface area contributed by atoms with E-state index >= 15 is 0 Å². The number of morpholine rings is 1. The Bertz CT molecular complexity index is 767. The smallest absolute Gasteiger partial charge is 0.124 e. The van der Waals surface area contributed by atoms with Gasteiger partial charge in [-0.3, -0.25) is 4.90 Å². The van der Waals surface area contributed by atoms with Crippen LogP contribution in [0.15, 0.2) is 36.4 Å². The minimum absolute atomic E-state index is 0.377. The summed E-state index contributed by atoms with van der Waals surface area (Å²) in [5.74, 6) is 0.802. The normalized spacial score (nSPS) is 15.0. The molecule has 0 radical (unpaired) electrons. The molecule has 1 N–H and O–H groups in total. The van der Waals surface area contributed by atoms with Gasteiger partial charge < -0.3 is 14.8 Å². The van der Waals surface area contributed by atoms with Crippen molar-refractivity contribution in [2.75, 3.05) is 39.4 Å². The number of hydrogen-bond acceptors (Lipinski definition) is 4. The third-order valence-electron chi connectivity index (χ3n) is 4.67. The Hall–Kier alpha value is -1.01. The number of benzene rings is 2. The molecule has 0 spiro atoms. The first-order valence-corrected chi connectivity index (χ1v) is 10.6. The summed E-state index contributed by atoms with van der Waals surface area (Å²) in [6.07, 6.45) is 1.09. The Balaban J connectivity index is 1.49. The lowest BCUT2D eigenvalue weighted by Crippen LogP contribution is -2.37. The average molecular weight is 444 g/mol. The molecule has 1 aliphatic heterocycles. The van der Waals surface area contributed by atoms with Crippen molar-refractivity contribution in [1.82, 2.24) is 10.2 Å². The lowest BCUT2D eigenvalue weighted by molar-refractivity contribution is 0.0374. The van der Waals surface area contributed by atoms with Crippen molar-refractivity contribution >= 4 is 34.8 Å². The fraction of sp³-hybridized carbons (Fsp3) is 0.429. The molecule has 0 aliphatic carbocycles. The largest absolute Gasteiger partial charge is 0.489 e. The van der Waals surface area contributed by atoms with Crippen LogP contribution in [0.4, 0.5) is 0 Å². The second-order valence-electron chi connectivity index (χ2n) is 6.76. The van der Waals surface area contributed by atoms with Gasteiger partial charge in [0, 0.05) is 45.8 Å². The molecule has 0 saturated carbocycles. The molecule has 1 saturated heterocycles. The molecule has 0 unspecified atom stereocenters. The zero-order valence-electron chi connectivity index (χ0n) is 15.7. The first-order chi connectivity index (χ1) is 13.6. The van der Waals surface area contributed by atoms with Crippen LogP contribution in [-0.2, 0) is 17.9 Å². The van der Waals surface area contributed by atoms with Gasteiger partial charge in [0.25, 0.3) is 0 Å². The van der Waals surface area contributed by atoms with Crippen LogP contribution in [0.1, 0.15) is 17.5 Å². The van der Waals surface area contributed by atoms with Gasteiger partial charge in [-0.25, -0.2) is 0 Å². The van der Waals surface area contributed by atoms with E-state index in [0.29, 0.717) is 28.2 Å². The molecule has 1 fully saturated rings. The van der Waals surface area contributed by atoms with E-state index in [0.717, 1.165) is 62.7 Å². The van der Waals surface area contributed by atoms with Crippen LogP contribution >= 0.6 is 34.8 Å². The van der Waals surface area contributed by atoms with E-state index in [2.05, 4.69) is 10.2 Å². The zero-order valence-corrected chi connectivity index (χ0v) is 18.0. The summed E-state index contributed by atoms with van der Waals surface area (Å²) >= 11 is 18.4. The van der Waals surface area contributed by atoms with Crippen LogP contribution in [0, 0.1) is 0 Å². The molecular formula is C21H25Cl3N2O2. The summed E-state index contributed by atoms with van der Waals surface area (Å²) in [7, 11) is 0. The maximum absolute atomic E-state index is 6.23. The third-order valence-corrected chi connectivity index (χ3v) is 5.49. The van der Waals surface area contributed by atoms with E-state index in [-0.39, 0.29) is 0 Å². The lowest BCUT2D eigenvalue weighted by atomic mass is 10.2. The van der Waals surface area contributed by atoms with Crippen molar-refractivity contribution in [2.45, 2.75) is 19.6 Å². The predicted octanol–water partition coefficient (Wildman–Crippen LogP) is 5.04. The highest BCUT2D eigenvalue weighted by Gasteiger charge is 2.10. The topological polar surface area (TPSA) is 33.7 Å². The van der Waals surface area contributed by atoms with Gasteiger partial charge in [0.2, 0.25) is 0 Å². The lowest BCUT2D eigenvalue weighted by Gasteiger charge is -2.26. The molecule has 7 heteroatoms. The number of nitrogens with one attached hydrogen (secondary N) is 1. The highest BCUT2D eigenvalue weighted by molar-refractivity contribution is 6.35. The molecular weight excluding hydrogens is 419 g/mol. The summed E-state index contributed by atoms with van der Waals surface area (Å²) in [4.78, 5) is 2.44. The SMILES string of the molecule is Clc1ccc(COc2ccc(Cl)cc2CNCCCN2CCOCC2)c(Cl)c1. The molecule has 1 aliphatic rings. The molecule has 0 aromatic heterocycles. The van der Waals surface area contributed by atoms with Gasteiger partial charge in [-0.2, -0.15) is 0 Å². The molecule has 28 heavy (non-hydrogen) atoms. The minimum Gasteiger partial charge on any atom is -0.489 e. The Labute approximate surface area is 181 Å². The summed E-state index contributed by atoms with van der Waals surface area (Å²) in [5.41, 5.74) is 1.93. The Morgan fingerprint density at radius 1 is 0.964 bits per heavy atom. The number of ether oxygens (including phenoxy) is 2. The van der Waals surface area contributed by atoms with Gasteiger partial charge in [0.05, 0.1) is 13.2 Å². The van der Waals surface area contributed by atoms with Gasteiger partial charge >= 0.3 is 0 Å². The van der Waals surface area contributed by atoms with Crippen molar-refractivity contribution in [3.63, 3.8) is 0 Å². The number of rotatable bonds is 9. The fourth-order valence-electron chi connectivity index (χ4n) is 3.10. The molecule has 0 amide bonds. The fourth-order valence-corrected chi connectivity index (χ4v) is 3.75. The highest BCUT2D eigenvalue weighted by Crippen LogP contribution is 2.26. The molecule has 0 atom stereocenters. The van der Waals surface area contributed by atoms with Gasteiger partial charge in [0.15, 0.2) is 0 Å². The van der Waals surface area contributed by atoms with Crippen LogP contribution in [-0.4, -0.2) is 44.3 Å². The number of nitrogens with zero attached hydrogens (tertiary/aromatic N) is 1. The summed E-state index contributed by atoms with van der Waals surface area (Å²) < 4.78 is 11.4. The Kier molecular flexibility index (Phi) is 8.71. The molecule has 2 aromatic rings. The second-order valence-corrected chi connectivity index (χ2v) is 8.04. The van der Waals surface area contributed by atoms with E-state index < -0.39 is 0 Å². The Morgan fingerprint density at radius 3 is 2.50 bits per heavy atom. The van der Waals surface area contributed by atoms with E-state index in [4.69, 9.17) is 44.3 Å². The molecule has 1 heterocycles. The molecule has 152 valence electrons. The van der Waals surface area contributed by atoms with Gasteiger partial charge in [0.1, 0.15) is 12.4 Å². The monoisotopic (exact) mass is 442 g/mol. The zero-order chi connectivity index (χ0) is 19.8. The Morgan fingerprint density at radius 2 is 1.71 bits per heavy atom. The summed E-state index contributed by atoms with van der Waals surface area (Å²) in [6.45, 7) is 6.84. The van der Waals surface area contributed by atoms with Crippen molar-refractivity contribution in [3.05, 3.63) is 62.6 Å². The first kappa shape index (κ1) is 21.7. The first-order valence-electron chi connectivity index (χ1n) is 9.48. The van der Waals surface area contributed by atoms with Crippen LogP contribution in [0.2, 0.25) is 15.1 Å². The van der Waals surface area contributed by atoms with Crippen molar-refractivity contribution in [1.29, 1.82) is 0 Å². The average Bonchev–Trinajstić information content (AvgIpc) is 2.69. The van der Waals surface area contributed by atoms with Crippen LogP contribution < -0.4 is 10.1 Å². The predicted molar refractivity (Wildman–Crippen MR) is 116 cm³/mol. The van der Waals surface area contributed by atoms with Gasteiger partial charge in [-0.05, 0) is 49.8 Å². The molecule has 2 aromatic carbocycles. The number of halogens is 3. The molecule has 0 bridgehead atoms. The molecule has 3 rings (SSSR count). The van der Waals surface area contributed by atoms with Crippen LogP contribution in [0.5, 0.6) is 5.75 Å². The van der Waals surface area contributed by atoms with Crippen LogP contribution in [0.3, 0.4) is 0 Å². The third kappa shape index (κ3) is 6.80. The van der Waals surface area contributed by atoms with E-state index in [1.54, 1.807) is 6.07 Å².